The summed E-state index contributed by atoms with van der Waals surface area (Å²) in [7, 11) is 0. The number of nitrogens with one attached hydrogen (secondary N) is 1. The molecule has 1 unspecified atom stereocenters. The van der Waals surface area contributed by atoms with E-state index in [0.717, 1.165) is 15.0 Å². The van der Waals surface area contributed by atoms with E-state index in [1.807, 2.05) is 38.1 Å². The van der Waals surface area contributed by atoms with Crippen LogP contribution in [0.2, 0.25) is 5.02 Å². The van der Waals surface area contributed by atoms with Gasteiger partial charge < -0.3 is 10.2 Å². The summed E-state index contributed by atoms with van der Waals surface area (Å²) in [6, 6.07) is 8.07. The number of carbonyl (C=O) groups excluding carboxylic acids is 2. The molecular formula is C17H19ClN2O2S. The summed E-state index contributed by atoms with van der Waals surface area (Å²) < 4.78 is 1.11. The van der Waals surface area contributed by atoms with E-state index in [1.165, 1.54) is 0 Å². The van der Waals surface area contributed by atoms with Crippen molar-refractivity contribution in [1.29, 1.82) is 0 Å². The van der Waals surface area contributed by atoms with Gasteiger partial charge in [-0.25, -0.2) is 0 Å². The van der Waals surface area contributed by atoms with Crippen molar-refractivity contribution in [3.05, 3.63) is 34.2 Å². The normalized spacial score (nSPS) is 18.2. The van der Waals surface area contributed by atoms with Crippen LogP contribution in [0.3, 0.4) is 0 Å². The molecule has 4 nitrogen and oxygen atoms in total. The predicted molar refractivity (Wildman–Crippen MR) is 93.6 cm³/mol. The Morgan fingerprint density at radius 3 is 2.83 bits per heavy atom. The second-order valence-electron chi connectivity index (χ2n) is 6.09. The van der Waals surface area contributed by atoms with Gasteiger partial charge in [0, 0.05) is 34.0 Å². The third kappa shape index (κ3) is 3.21. The summed E-state index contributed by atoms with van der Waals surface area (Å²) in [5.41, 5.74) is 0. The average Bonchev–Trinajstić information content (AvgIpc) is 3.06. The fourth-order valence-electron chi connectivity index (χ4n) is 2.90. The fourth-order valence-corrected chi connectivity index (χ4v) is 4.34. The van der Waals surface area contributed by atoms with Crippen LogP contribution in [-0.4, -0.2) is 29.3 Å². The van der Waals surface area contributed by atoms with E-state index >= 15 is 0 Å². The summed E-state index contributed by atoms with van der Waals surface area (Å²) in [6.07, 6.45) is 0.296. The van der Waals surface area contributed by atoms with Crippen LogP contribution in [0.15, 0.2) is 24.3 Å². The number of hydrogen-bond donors (Lipinski definition) is 1. The van der Waals surface area contributed by atoms with Crippen molar-refractivity contribution in [3.8, 4) is 0 Å². The summed E-state index contributed by atoms with van der Waals surface area (Å²) in [6.45, 7) is 4.84. The van der Waals surface area contributed by atoms with Gasteiger partial charge in [0.1, 0.15) is 0 Å². The minimum atomic E-state index is -0.266. The smallest absolute Gasteiger partial charge is 0.225 e. The number of benzene rings is 1. The van der Waals surface area contributed by atoms with E-state index in [9.17, 15) is 9.59 Å². The zero-order valence-corrected chi connectivity index (χ0v) is 14.7. The van der Waals surface area contributed by atoms with Crippen LogP contribution >= 0.6 is 22.9 Å². The number of likely N-dealkylation sites (tertiary alicyclic amines) is 1. The second-order valence-corrected chi connectivity index (χ2v) is 7.61. The lowest BCUT2D eigenvalue weighted by Gasteiger charge is -2.20. The van der Waals surface area contributed by atoms with E-state index < -0.39 is 0 Å². The van der Waals surface area contributed by atoms with E-state index in [-0.39, 0.29) is 23.8 Å². The SMILES string of the molecule is CC(C)N1CC(C(=O)NCc2sc3ccccc3c2Cl)CC1=O. The van der Waals surface area contributed by atoms with Gasteiger partial charge in [-0.05, 0) is 19.9 Å². The van der Waals surface area contributed by atoms with Crippen molar-refractivity contribution < 1.29 is 9.59 Å². The number of carbonyl (C=O) groups is 2. The van der Waals surface area contributed by atoms with Gasteiger partial charge in [-0.3, -0.25) is 9.59 Å². The van der Waals surface area contributed by atoms with Gasteiger partial charge in [0.2, 0.25) is 11.8 Å². The van der Waals surface area contributed by atoms with Crippen LogP contribution in [0.25, 0.3) is 10.1 Å². The fraction of sp³-hybridized carbons (Fsp3) is 0.412. The maximum atomic E-state index is 12.3. The zero-order chi connectivity index (χ0) is 16.6. The Labute approximate surface area is 144 Å². The zero-order valence-electron chi connectivity index (χ0n) is 13.1. The predicted octanol–water partition coefficient (Wildman–Crippen LogP) is 3.43. The summed E-state index contributed by atoms with van der Waals surface area (Å²) in [5, 5.41) is 4.66. The number of hydrogen-bond acceptors (Lipinski definition) is 3. The highest BCUT2D eigenvalue weighted by atomic mass is 35.5. The molecule has 0 aliphatic carbocycles. The lowest BCUT2D eigenvalue weighted by Crippen LogP contribution is -2.35. The van der Waals surface area contributed by atoms with E-state index in [0.29, 0.717) is 24.5 Å². The third-order valence-electron chi connectivity index (χ3n) is 4.18. The highest BCUT2D eigenvalue weighted by Crippen LogP contribution is 2.35. The Morgan fingerprint density at radius 2 is 2.17 bits per heavy atom. The van der Waals surface area contributed by atoms with Crippen LogP contribution in [-0.2, 0) is 16.1 Å². The monoisotopic (exact) mass is 350 g/mol. The van der Waals surface area contributed by atoms with E-state index in [1.54, 1.807) is 16.2 Å². The highest BCUT2D eigenvalue weighted by molar-refractivity contribution is 7.19. The molecule has 2 heterocycles. The van der Waals surface area contributed by atoms with E-state index in [2.05, 4.69) is 5.32 Å². The number of rotatable bonds is 4. The van der Waals surface area contributed by atoms with Gasteiger partial charge in [-0.1, -0.05) is 29.8 Å². The first-order chi connectivity index (χ1) is 11.0. The molecule has 1 aliphatic heterocycles. The van der Waals surface area contributed by atoms with Crippen LogP contribution < -0.4 is 5.32 Å². The average molecular weight is 351 g/mol. The Morgan fingerprint density at radius 1 is 1.43 bits per heavy atom. The summed E-state index contributed by atoms with van der Waals surface area (Å²) >= 11 is 7.98. The molecule has 23 heavy (non-hydrogen) atoms. The molecular weight excluding hydrogens is 332 g/mol. The van der Waals surface area contributed by atoms with Crippen molar-refractivity contribution >= 4 is 44.8 Å². The molecule has 1 N–H and O–H groups in total. The van der Waals surface area contributed by atoms with Crippen molar-refractivity contribution in [2.45, 2.75) is 32.9 Å². The molecule has 1 aromatic heterocycles. The molecule has 0 saturated carbocycles. The molecule has 1 aliphatic rings. The maximum absolute atomic E-state index is 12.3. The molecule has 2 aromatic rings. The topological polar surface area (TPSA) is 49.4 Å². The van der Waals surface area contributed by atoms with Gasteiger partial charge >= 0.3 is 0 Å². The Hall–Kier alpha value is -1.59. The highest BCUT2D eigenvalue weighted by Gasteiger charge is 2.35. The van der Waals surface area contributed by atoms with Crippen LogP contribution in [0.4, 0.5) is 0 Å². The van der Waals surface area contributed by atoms with Crippen LogP contribution in [0, 0.1) is 5.92 Å². The number of thiophene rings is 1. The number of nitrogens with zero attached hydrogens (tertiary/aromatic N) is 1. The molecule has 1 atom stereocenters. The van der Waals surface area contributed by atoms with E-state index in [4.69, 9.17) is 11.6 Å². The Bertz CT molecular complexity index is 756. The molecule has 122 valence electrons. The van der Waals surface area contributed by atoms with Crippen molar-refractivity contribution in [2.24, 2.45) is 5.92 Å². The lowest BCUT2D eigenvalue weighted by atomic mass is 10.1. The van der Waals surface area contributed by atoms with Gasteiger partial charge in [0.05, 0.1) is 17.5 Å². The van der Waals surface area contributed by atoms with Gasteiger partial charge in [-0.15, -0.1) is 11.3 Å². The lowest BCUT2D eigenvalue weighted by molar-refractivity contribution is -0.129. The second kappa shape index (κ2) is 6.49. The van der Waals surface area contributed by atoms with Gasteiger partial charge in [-0.2, -0.15) is 0 Å². The molecule has 6 heteroatoms. The largest absolute Gasteiger partial charge is 0.351 e. The molecule has 0 radical (unpaired) electrons. The minimum absolute atomic E-state index is 0.0556. The van der Waals surface area contributed by atoms with Crippen LogP contribution in [0.5, 0.6) is 0 Å². The van der Waals surface area contributed by atoms with Crippen molar-refractivity contribution in [3.63, 3.8) is 0 Å². The number of amides is 2. The first kappa shape index (κ1) is 16.3. The van der Waals surface area contributed by atoms with Gasteiger partial charge in [0.15, 0.2) is 0 Å². The third-order valence-corrected chi connectivity index (χ3v) is 5.89. The summed E-state index contributed by atoms with van der Waals surface area (Å²) in [4.78, 5) is 26.9. The maximum Gasteiger partial charge on any atom is 0.225 e. The molecule has 1 saturated heterocycles. The molecule has 2 amide bonds. The Kier molecular flexibility index (Phi) is 4.60. The first-order valence-electron chi connectivity index (χ1n) is 7.70. The first-order valence-corrected chi connectivity index (χ1v) is 8.90. The molecule has 0 bridgehead atoms. The van der Waals surface area contributed by atoms with Crippen molar-refractivity contribution in [2.75, 3.05) is 6.54 Å². The Balaban J connectivity index is 1.65. The van der Waals surface area contributed by atoms with Crippen LogP contribution in [0.1, 0.15) is 25.1 Å². The summed E-state index contributed by atoms with van der Waals surface area (Å²) in [5.74, 6) is -0.284. The molecule has 0 spiro atoms. The minimum Gasteiger partial charge on any atom is -0.351 e. The molecule has 1 aromatic carbocycles. The van der Waals surface area contributed by atoms with Gasteiger partial charge in [0.25, 0.3) is 0 Å². The molecule has 3 rings (SSSR count). The number of fused-ring (bicyclic) bond motifs is 1. The molecule has 1 fully saturated rings. The van der Waals surface area contributed by atoms with Crippen molar-refractivity contribution in [1.82, 2.24) is 10.2 Å². The number of halogens is 1. The quantitative estimate of drug-likeness (QED) is 0.918. The standard InChI is InChI=1S/C17H19ClN2O2S/c1-10(2)20-9-11(7-15(20)21)17(22)19-8-14-16(18)12-5-3-4-6-13(12)23-14/h3-6,10-11H,7-9H2,1-2H3,(H,19,22).